The Labute approximate surface area is 594 Å². The summed E-state index contributed by atoms with van der Waals surface area (Å²) in [7, 11) is -9.92. The second-order valence-corrected chi connectivity index (χ2v) is 32.9. The number of unbranched alkanes of at least 4 members (excludes halogenated alkanes) is 41. The first-order chi connectivity index (χ1) is 46.6. The van der Waals surface area contributed by atoms with E-state index in [1.54, 1.807) is 0 Å². The highest BCUT2D eigenvalue weighted by Gasteiger charge is 2.30. The number of hydrogen-bond acceptors (Lipinski definition) is 15. The third kappa shape index (κ3) is 72.2. The zero-order chi connectivity index (χ0) is 71.7. The van der Waals surface area contributed by atoms with Gasteiger partial charge in [-0.25, -0.2) is 9.13 Å². The van der Waals surface area contributed by atoms with Crippen LogP contribution >= 0.6 is 15.6 Å². The molecule has 2 unspecified atom stereocenters. The summed E-state index contributed by atoms with van der Waals surface area (Å²) in [5, 5.41) is 10.6. The van der Waals surface area contributed by atoms with Crippen LogP contribution in [-0.2, 0) is 65.4 Å². The summed E-state index contributed by atoms with van der Waals surface area (Å²) in [5.74, 6) is 0.919. The van der Waals surface area contributed by atoms with Gasteiger partial charge in [-0.1, -0.05) is 344 Å². The molecule has 0 bridgehead atoms. The average Bonchev–Trinajstić information content (AvgIpc) is 1.27. The van der Waals surface area contributed by atoms with Crippen molar-refractivity contribution in [2.75, 3.05) is 39.6 Å². The topological polar surface area (TPSA) is 237 Å². The highest BCUT2D eigenvalue weighted by molar-refractivity contribution is 7.47. The molecule has 0 heterocycles. The molecular weight excluding hydrogens is 1270 g/mol. The van der Waals surface area contributed by atoms with Gasteiger partial charge in [-0.2, -0.15) is 0 Å². The number of aliphatic hydroxyl groups excluding tert-OH is 1. The van der Waals surface area contributed by atoms with Gasteiger partial charge in [0.2, 0.25) is 0 Å². The number of ether oxygens (including phenoxy) is 4. The number of phosphoric acid groups is 2. The molecule has 97 heavy (non-hydrogen) atoms. The molecular formula is C78H152O17P2. The molecule has 0 aliphatic carbocycles. The predicted molar refractivity (Wildman–Crippen MR) is 395 cm³/mol. The smallest absolute Gasteiger partial charge is 0.462 e. The van der Waals surface area contributed by atoms with Crippen LogP contribution in [-0.4, -0.2) is 96.7 Å². The maximum absolute atomic E-state index is 13.1. The zero-order valence-electron chi connectivity index (χ0n) is 63.7. The number of carbonyl (C=O) groups excluding carboxylic acids is 4. The van der Waals surface area contributed by atoms with Crippen LogP contribution in [0.3, 0.4) is 0 Å². The molecule has 19 heteroatoms. The summed E-state index contributed by atoms with van der Waals surface area (Å²) in [6.45, 7) is 14.2. The monoisotopic (exact) mass is 1420 g/mol. The van der Waals surface area contributed by atoms with Gasteiger partial charge in [-0.15, -0.1) is 0 Å². The Morgan fingerprint density at radius 1 is 0.258 bits per heavy atom. The SMILES string of the molecule is CC(C)CCCCCCCCCCCCCCCCCC(=O)O[C@H](COC(=O)CCCCCCCCCCCCCCCC(C)C)COP(=O)(O)OC[C@@H](O)COP(=O)(O)OC[C@@H](COC(=O)CCCCCCCCC(C)C)OC(=O)CCCCCCCCCCCCCC(C)C. The largest absolute Gasteiger partial charge is 0.472 e. The van der Waals surface area contributed by atoms with E-state index in [-0.39, 0.29) is 25.7 Å². The van der Waals surface area contributed by atoms with E-state index in [1.807, 2.05) is 0 Å². The van der Waals surface area contributed by atoms with Crippen LogP contribution in [0.5, 0.6) is 0 Å². The van der Waals surface area contributed by atoms with Gasteiger partial charge in [0.05, 0.1) is 26.4 Å². The summed E-state index contributed by atoms with van der Waals surface area (Å²) in [4.78, 5) is 72.9. The van der Waals surface area contributed by atoms with Crippen LogP contribution in [0.15, 0.2) is 0 Å². The van der Waals surface area contributed by atoms with Gasteiger partial charge in [0.25, 0.3) is 0 Å². The molecule has 17 nitrogen and oxygen atoms in total. The van der Waals surface area contributed by atoms with E-state index in [1.165, 1.54) is 193 Å². The molecule has 0 aromatic rings. The molecule has 0 aliphatic rings. The van der Waals surface area contributed by atoms with Crippen molar-refractivity contribution in [1.29, 1.82) is 0 Å². The summed E-state index contributed by atoms with van der Waals surface area (Å²) in [6.07, 6.45) is 52.9. The fraction of sp³-hybridized carbons (Fsp3) is 0.949. The molecule has 0 saturated heterocycles. The Balaban J connectivity index is 5.24. The Kier molecular flexibility index (Phi) is 65.9. The highest BCUT2D eigenvalue weighted by Crippen LogP contribution is 2.45. The Hall–Kier alpha value is -1.94. The van der Waals surface area contributed by atoms with E-state index in [0.29, 0.717) is 31.6 Å². The second-order valence-electron chi connectivity index (χ2n) is 30.0. The number of esters is 4. The second kappa shape index (κ2) is 67.2. The third-order valence-corrected chi connectivity index (χ3v) is 20.0. The first-order valence-corrected chi connectivity index (χ1v) is 43.2. The van der Waals surface area contributed by atoms with Crippen molar-refractivity contribution >= 4 is 39.5 Å². The van der Waals surface area contributed by atoms with Crippen LogP contribution in [0.2, 0.25) is 0 Å². The standard InChI is InChI=1S/C78H152O17P2/c1-68(2)54-46-38-30-24-18-13-10-9-11-15-22-28-34-44-52-60-77(82)94-73(64-88-75(80)58-50-42-33-27-21-16-12-14-19-25-31-39-47-55-69(3)4)66-92-96(84,85)90-62-72(79)63-91-97(86,87)93-67-74(65-89-76(81)59-51-43-37-36-41-49-57-71(7)8)95-78(83)61-53-45-35-29-23-17-20-26-32-40-48-56-70(5)6/h68-74,79H,9-67H2,1-8H3,(H,84,85)(H,86,87)/t72-,73-,74-/m1/s1. The third-order valence-electron chi connectivity index (χ3n) is 18.1. The van der Waals surface area contributed by atoms with Gasteiger partial charge in [-0.3, -0.25) is 37.3 Å². The maximum atomic E-state index is 13.1. The zero-order valence-corrected chi connectivity index (χ0v) is 65.5. The van der Waals surface area contributed by atoms with Gasteiger partial charge in [0.1, 0.15) is 19.3 Å². The van der Waals surface area contributed by atoms with E-state index in [4.69, 9.17) is 37.0 Å². The van der Waals surface area contributed by atoms with Crippen molar-refractivity contribution in [2.24, 2.45) is 23.7 Å². The van der Waals surface area contributed by atoms with Crippen molar-refractivity contribution in [2.45, 2.75) is 414 Å². The number of hydrogen-bond donors (Lipinski definition) is 3. The summed E-state index contributed by atoms with van der Waals surface area (Å²) < 4.78 is 68.6. The Morgan fingerprint density at radius 3 is 0.639 bits per heavy atom. The van der Waals surface area contributed by atoms with E-state index in [0.717, 1.165) is 114 Å². The minimum Gasteiger partial charge on any atom is -0.462 e. The first-order valence-electron chi connectivity index (χ1n) is 40.2. The lowest BCUT2D eigenvalue weighted by molar-refractivity contribution is -0.161. The summed E-state index contributed by atoms with van der Waals surface area (Å²) in [5.41, 5.74) is 0. The average molecular weight is 1420 g/mol. The van der Waals surface area contributed by atoms with Crippen LogP contribution in [0.4, 0.5) is 0 Å². The van der Waals surface area contributed by atoms with Gasteiger partial charge >= 0.3 is 39.5 Å². The number of aliphatic hydroxyl groups is 1. The molecule has 0 radical (unpaired) electrons. The first kappa shape index (κ1) is 95.1. The van der Waals surface area contributed by atoms with E-state index in [9.17, 15) is 43.2 Å². The lowest BCUT2D eigenvalue weighted by Crippen LogP contribution is -2.30. The van der Waals surface area contributed by atoms with Crippen molar-refractivity contribution in [3.8, 4) is 0 Å². The Morgan fingerprint density at radius 2 is 0.433 bits per heavy atom. The molecule has 0 saturated carbocycles. The minimum absolute atomic E-state index is 0.105. The highest BCUT2D eigenvalue weighted by atomic mass is 31.2. The Bertz CT molecular complexity index is 1900. The van der Waals surface area contributed by atoms with Gasteiger partial charge in [0, 0.05) is 25.7 Å². The quantitative estimate of drug-likeness (QED) is 0.0222. The summed E-state index contributed by atoms with van der Waals surface area (Å²) in [6, 6.07) is 0. The normalized spacial score (nSPS) is 14.1. The lowest BCUT2D eigenvalue weighted by Gasteiger charge is -2.21. The molecule has 0 spiro atoms. The van der Waals surface area contributed by atoms with E-state index < -0.39 is 97.5 Å². The van der Waals surface area contributed by atoms with Crippen LogP contribution in [0.25, 0.3) is 0 Å². The number of rotatable bonds is 75. The molecule has 0 aromatic heterocycles. The molecule has 3 N–H and O–H groups in total. The van der Waals surface area contributed by atoms with Crippen LogP contribution < -0.4 is 0 Å². The molecule has 0 amide bonds. The van der Waals surface area contributed by atoms with Crippen molar-refractivity contribution in [3.05, 3.63) is 0 Å². The molecule has 0 rings (SSSR count). The van der Waals surface area contributed by atoms with Gasteiger partial charge in [0.15, 0.2) is 12.2 Å². The molecule has 5 atom stereocenters. The van der Waals surface area contributed by atoms with Crippen molar-refractivity contribution in [3.63, 3.8) is 0 Å². The molecule has 0 aliphatic heterocycles. The minimum atomic E-state index is -4.96. The summed E-state index contributed by atoms with van der Waals surface area (Å²) >= 11 is 0. The van der Waals surface area contributed by atoms with Gasteiger partial charge in [-0.05, 0) is 49.4 Å². The molecule has 576 valence electrons. The van der Waals surface area contributed by atoms with Crippen LogP contribution in [0.1, 0.15) is 396 Å². The maximum Gasteiger partial charge on any atom is 0.472 e. The number of phosphoric ester groups is 2. The molecule has 0 aromatic carbocycles. The van der Waals surface area contributed by atoms with Crippen molar-refractivity contribution < 1.29 is 80.2 Å². The molecule has 0 fully saturated rings. The van der Waals surface area contributed by atoms with E-state index in [2.05, 4.69) is 55.4 Å². The van der Waals surface area contributed by atoms with Crippen molar-refractivity contribution in [1.82, 2.24) is 0 Å². The van der Waals surface area contributed by atoms with E-state index >= 15 is 0 Å². The van der Waals surface area contributed by atoms with Gasteiger partial charge < -0.3 is 33.8 Å². The lowest BCUT2D eigenvalue weighted by atomic mass is 10.0. The fourth-order valence-corrected chi connectivity index (χ4v) is 13.5. The fourth-order valence-electron chi connectivity index (χ4n) is 11.9. The number of carbonyl (C=O) groups is 4. The predicted octanol–water partition coefficient (Wildman–Crippen LogP) is 22.8. The van der Waals surface area contributed by atoms with Crippen LogP contribution in [0, 0.1) is 23.7 Å².